The second-order valence-corrected chi connectivity index (χ2v) is 10.2. The molecule has 39 heavy (non-hydrogen) atoms. The Balaban J connectivity index is 0.000000326. The number of rotatable bonds is 9. The van der Waals surface area contributed by atoms with Gasteiger partial charge in [0.05, 0.1) is 11.3 Å². The maximum Gasteiger partial charge on any atom is 0.162 e. The van der Waals surface area contributed by atoms with Crippen LogP contribution in [0.5, 0.6) is 0 Å². The van der Waals surface area contributed by atoms with E-state index < -0.39 is 17.5 Å². The van der Waals surface area contributed by atoms with Crippen molar-refractivity contribution in [1.29, 1.82) is 5.26 Å². The lowest BCUT2D eigenvalue weighted by molar-refractivity contribution is 0.490. The summed E-state index contributed by atoms with van der Waals surface area (Å²) < 4.78 is 41.8. The van der Waals surface area contributed by atoms with E-state index in [1.807, 2.05) is 39.0 Å². The first-order valence-corrected chi connectivity index (χ1v) is 13.6. The number of benzene rings is 2. The molecule has 3 nitrogen and oxygen atoms in total. The molecule has 0 saturated heterocycles. The van der Waals surface area contributed by atoms with Crippen LogP contribution in [-0.2, 0) is 6.42 Å². The molecule has 1 heterocycles. The fourth-order valence-electron chi connectivity index (χ4n) is 4.40. The van der Waals surface area contributed by atoms with E-state index in [0.29, 0.717) is 16.1 Å². The molecular weight excluding hydrogens is 519 g/mol. The van der Waals surface area contributed by atoms with E-state index in [-0.39, 0.29) is 17.2 Å². The average molecular weight is 556 g/mol. The molecule has 0 aliphatic heterocycles. The third kappa shape index (κ3) is 8.10. The summed E-state index contributed by atoms with van der Waals surface area (Å²) in [5.41, 5.74) is 4.68. The Morgan fingerprint density at radius 3 is 2.44 bits per heavy atom. The zero-order chi connectivity index (χ0) is 29.3. The summed E-state index contributed by atoms with van der Waals surface area (Å²) in [5, 5.41) is 10.2. The van der Waals surface area contributed by atoms with Gasteiger partial charge in [0.15, 0.2) is 17.5 Å². The van der Waals surface area contributed by atoms with Crippen molar-refractivity contribution in [2.24, 2.45) is 4.99 Å². The lowest BCUT2D eigenvalue weighted by Crippen LogP contribution is -2.05. The number of aromatic nitrogens is 1. The molecule has 0 aliphatic rings. The molecule has 0 fully saturated rings. The minimum atomic E-state index is -0.765. The van der Waals surface area contributed by atoms with Crippen LogP contribution in [0, 0.1) is 29.9 Å². The Kier molecular flexibility index (Phi) is 12.1. The van der Waals surface area contributed by atoms with Gasteiger partial charge in [0, 0.05) is 33.2 Å². The highest BCUT2D eigenvalue weighted by molar-refractivity contribution is 6.31. The van der Waals surface area contributed by atoms with Crippen LogP contribution in [0.3, 0.4) is 0 Å². The van der Waals surface area contributed by atoms with Crippen molar-refractivity contribution < 1.29 is 13.2 Å². The van der Waals surface area contributed by atoms with Crippen LogP contribution in [0.25, 0.3) is 10.9 Å². The van der Waals surface area contributed by atoms with Gasteiger partial charge in [0.1, 0.15) is 6.07 Å². The van der Waals surface area contributed by atoms with Gasteiger partial charge in [-0.15, -0.1) is 0 Å². The number of allylic oxidation sites excluding steroid dienone is 3. The van der Waals surface area contributed by atoms with E-state index in [9.17, 15) is 13.2 Å². The minimum Gasteiger partial charge on any atom is -0.358 e. The number of halogens is 4. The molecule has 0 radical (unpaired) electrons. The third-order valence-corrected chi connectivity index (χ3v) is 6.81. The van der Waals surface area contributed by atoms with Crippen molar-refractivity contribution in [2.75, 3.05) is 0 Å². The SMILES string of the molecule is C=C(C#N)/C(F)=C(/C)N=C(C)CCC.CCCCc1c([C@@H](C)c2ccc(C)c(F)c2F)[nH]c2ccc(Cl)cc12. The average Bonchev–Trinajstić information content (AvgIpc) is 3.27. The molecule has 208 valence electrons. The Morgan fingerprint density at radius 2 is 1.82 bits per heavy atom. The largest absolute Gasteiger partial charge is 0.358 e. The van der Waals surface area contributed by atoms with E-state index in [0.717, 1.165) is 60.0 Å². The zero-order valence-electron chi connectivity index (χ0n) is 23.6. The van der Waals surface area contributed by atoms with E-state index >= 15 is 0 Å². The van der Waals surface area contributed by atoms with Crippen molar-refractivity contribution in [3.63, 3.8) is 0 Å². The summed E-state index contributed by atoms with van der Waals surface area (Å²) in [6.07, 6.45) is 4.79. The normalized spacial score (nSPS) is 12.9. The van der Waals surface area contributed by atoms with Gasteiger partial charge in [-0.05, 0) is 74.9 Å². The lowest BCUT2D eigenvalue weighted by atomic mass is 9.91. The summed E-state index contributed by atoms with van der Waals surface area (Å²) in [6, 6.07) is 10.7. The first-order valence-electron chi connectivity index (χ1n) is 13.2. The minimum absolute atomic E-state index is 0.171. The number of hydrogen-bond donors (Lipinski definition) is 1. The number of aryl methyl sites for hydroxylation is 2. The predicted octanol–water partition coefficient (Wildman–Crippen LogP) is 10.4. The second-order valence-electron chi connectivity index (χ2n) is 9.72. The fraction of sp³-hybridized carbons (Fsp3) is 0.375. The number of fused-ring (bicyclic) bond motifs is 1. The molecule has 0 unspecified atom stereocenters. The monoisotopic (exact) mass is 555 g/mol. The zero-order valence-corrected chi connectivity index (χ0v) is 24.4. The van der Waals surface area contributed by atoms with Crippen molar-refractivity contribution in [3.8, 4) is 6.07 Å². The first kappa shape index (κ1) is 31.9. The molecule has 3 rings (SSSR count). The predicted molar refractivity (Wildman–Crippen MR) is 157 cm³/mol. The summed E-state index contributed by atoms with van der Waals surface area (Å²) in [7, 11) is 0. The number of aliphatic imine (C=N–C) groups is 1. The standard InChI is InChI=1S/C21H22ClF2N.C11H15FN2/c1-4-5-6-16-17-11-14(22)8-10-18(17)25-21(16)13(3)15-9-7-12(2)19(23)20(15)24;1-5-6-9(3)14-10(4)11(12)8(2)7-13/h7-11,13,25H,4-6H2,1-3H3;2,5-6H2,1,3-4H3/b;11-10+,14-9?/t13-;/m0./s1. The molecule has 0 amide bonds. The summed E-state index contributed by atoms with van der Waals surface area (Å²) in [5.74, 6) is -2.42. The van der Waals surface area contributed by atoms with Crippen LogP contribution in [-0.4, -0.2) is 10.7 Å². The second kappa shape index (κ2) is 14.7. The molecule has 0 bridgehead atoms. The summed E-state index contributed by atoms with van der Waals surface area (Å²) in [6.45, 7) is 14.3. The van der Waals surface area contributed by atoms with Crippen LogP contribution < -0.4 is 0 Å². The molecule has 0 saturated carbocycles. The molecule has 7 heteroatoms. The van der Waals surface area contributed by atoms with Gasteiger partial charge in [-0.1, -0.05) is 63.9 Å². The number of nitriles is 1. The quantitative estimate of drug-likeness (QED) is 0.159. The van der Waals surface area contributed by atoms with Crippen LogP contribution in [0.15, 0.2) is 59.0 Å². The Bertz CT molecular complexity index is 1430. The van der Waals surface area contributed by atoms with Crippen molar-refractivity contribution in [2.45, 2.75) is 79.6 Å². The summed E-state index contributed by atoms with van der Waals surface area (Å²) >= 11 is 6.17. The molecular formula is C32H37ClF3N3. The number of hydrogen-bond acceptors (Lipinski definition) is 2. The van der Waals surface area contributed by atoms with Crippen molar-refractivity contribution in [3.05, 3.63) is 93.0 Å². The molecule has 0 spiro atoms. The van der Waals surface area contributed by atoms with Crippen LogP contribution >= 0.6 is 11.6 Å². The molecule has 1 aromatic heterocycles. The Morgan fingerprint density at radius 1 is 1.13 bits per heavy atom. The van der Waals surface area contributed by atoms with E-state index in [1.165, 1.54) is 6.92 Å². The number of nitrogens with one attached hydrogen (secondary N) is 1. The smallest absolute Gasteiger partial charge is 0.162 e. The highest BCUT2D eigenvalue weighted by Gasteiger charge is 2.22. The van der Waals surface area contributed by atoms with Crippen LogP contribution in [0.1, 0.15) is 88.6 Å². The van der Waals surface area contributed by atoms with Crippen LogP contribution in [0.4, 0.5) is 13.2 Å². The van der Waals surface area contributed by atoms with E-state index in [1.54, 1.807) is 25.1 Å². The molecule has 1 atom stereocenters. The molecule has 1 N–H and O–H groups in total. The number of aromatic amines is 1. The molecule has 0 aliphatic carbocycles. The highest BCUT2D eigenvalue weighted by Crippen LogP contribution is 2.35. The van der Waals surface area contributed by atoms with Gasteiger partial charge >= 0.3 is 0 Å². The fourth-order valence-corrected chi connectivity index (χ4v) is 4.58. The van der Waals surface area contributed by atoms with Crippen molar-refractivity contribution in [1.82, 2.24) is 4.98 Å². The van der Waals surface area contributed by atoms with Gasteiger partial charge < -0.3 is 4.98 Å². The maximum atomic E-state index is 14.5. The van der Waals surface area contributed by atoms with Crippen molar-refractivity contribution >= 4 is 28.2 Å². The van der Waals surface area contributed by atoms with Gasteiger partial charge in [-0.25, -0.2) is 13.2 Å². The van der Waals surface area contributed by atoms with Gasteiger partial charge in [-0.2, -0.15) is 5.26 Å². The van der Waals surface area contributed by atoms with Gasteiger partial charge in [0.25, 0.3) is 0 Å². The van der Waals surface area contributed by atoms with Crippen LogP contribution in [0.2, 0.25) is 5.02 Å². The number of H-pyrrole nitrogens is 1. The Hall–Kier alpha value is -3.30. The van der Waals surface area contributed by atoms with Gasteiger partial charge in [-0.3, -0.25) is 4.99 Å². The van der Waals surface area contributed by atoms with E-state index in [4.69, 9.17) is 16.9 Å². The topological polar surface area (TPSA) is 51.9 Å². The van der Waals surface area contributed by atoms with Gasteiger partial charge in [0.2, 0.25) is 0 Å². The van der Waals surface area contributed by atoms with E-state index in [2.05, 4.69) is 23.5 Å². The third-order valence-electron chi connectivity index (χ3n) is 6.57. The lowest BCUT2D eigenvalue weighted by Gasteiger charge is -2.15. The Labute approximate surface area is 235 Å². The molecule has 2 aromatic carbocycles. The first-order chi connectivity index (χ1) is 18.5. The highest BCUT2D eigenvalue weighted by atomic mass is 35.5. The summed E-state index contributed by atoms with van der Waals surface area (Å²) in [4.78, 5) is 7.46. The number of unbranched alkanes of at least 4 members (excludes halogenated alkanes) is 1. The number of nitrogens with zero attached hydrogens (tertiary/aromatic N) is 2. The molecule has 3 aromatic rings. The maximum absolute atomic E-state index is 14.5.